The lowest BCUT2D eigenvalue weighted by Crippen LogP contribution is -2.37. The van der Waals surface area contributed by atoms with Gasteiger partial charge in [-0.2, -0.15) is 0 Å². The van der Waals surface area contributed by atoms with E-state index >= 15 is 0 Å². The molecule has 57 heavy (non-hydrogen) atoms. The summed E-state index contributed by atoms with van der Waals surface area (Å²) >= 11 is 0. The molecule has 0 heterocycles. The topological polar surface area (TPSA) is 94.1 Å². The summed E-state index contributed by atoms with van der Waals surface area (Å²) in [6.45, 7) is 5.27. The fraction of sp³-hybridized carbons (Fsp3) is 0.854. The Bertz CT molecular complexity index is 1010. The van der Waals surface area contributed by atoms with Gasteiger partial charge in [-0.15, -0.1) is 0 Å². The Morgan fingerprint density at radius 3 is 1.53 bits per heavy atom. The summed E-state index contributed by atoms with van der Waals surface area (Å²) in [4.78, 5) is 25.1. The second kappa shape index (κ2) is 41.5. The molecule has 0 radical (unpaired) electrons. The van der Waals surface area contributed by atoms with E-state index in [1.165, 1.54) is 116 Å². The highest BCUT2D eigenvalue weighted by Crippen LogP contribution is 2.38. The van der Waals surface area contributed by atoms with Crippen LogP contribution in [0.2, 0.25) is 0 Å². The van der Waals surface area contributed by atoms with Gasteiger partial charge in [0.05, 0.1) is 34.4 Å². The molecule has 0 aliphatic carbocycles. The SMILES string of the molecule is CC/C=C\C/C=C\C/C=C\CCCCCCOCC(COP(=O)([O-])OCC[N+](C)(C)C)OC(=O)CCCCCCCCCCCCCCCCCCCCCCC. The molecule has 0 aliphatic heterocycles. The van der Waals surface area contributed by atoms with Crippen molar-refractivity contribution in [2.45, 2.75) is 213 Å². The van der Waals surface area contributed by atoms with Crippen LogP contribution in [0.1, 0.15) is 206 Å². The molecule has 0 aromatic carbocycles. The van der Waals surface area contributed by atoms with Crippen LogP contribution in [0.15, 0.2) is 36.5 Å². The Morgan fingerprint density at radius 1 is 0.561 bits per heavy atom. The molecular formula is C48H92NO7P. The minimum Gasteiger partial charge on any atom is -0.756 e. The number of hydrogen-bond donors (Lipinski definition) is 0. The van der Waals surface area contributed by atoms with Gasteiger partial charge in [0, 0.05) is 13.0 Å². The van der Waals surface area contributed by atoms with E-state index < -0.39 is 13.9 Å². The minimum absolute atomic E-state index is 0.0223. The number of allylic oxidation sites excluding steroid dienone is 6. The van der Waals surface area contributed by atoms with Gasteiger partial charge >= 0.3 is 5.97 Å². The molecule has 0 aromatic heterocycles. The highest BCUT2D eigenvalue weighted by Gasteiger charge is 2.20. The Labute approximate surface area is 353 Å². The minimum atomic E-state index is -4.53. The van der Waals surface area contributed by atoms with E-state index in [0.717, 1.165) is 70.6 Å². The zero-order chi connectivity index (χ0) is 42.0. The average molecular weight is 826 g/mol. The normalized spacial score (nSPS) is 14.0. The van der Waals surface area contributed by atoms with Crippen molar-refractivity contribution in [3.63, 3.8) is 0 Å². The Hall–Kier alpha value is -1.28. The van der Waals surface area contributed by atoms with E-state index in [2.05, 4.69) is 50.3 Å². The molecule has 0 N–H and O–H groups in total. The van der Waals surface area contributed by atoms with Crippen LogP contribution in [0.3, 0.4) is 0 Å². The lowest BCUT2D eigenvalue weighted by Gasteiger charge is -2.28. The molecule has 0 saturated carbocycles. The number of quaternary nitrogens is 1. The van der Waals surface area contributed by atoms with Crippen molar-refractivity contribution in [2.75, 3.05) is 54.1 Å². The molecule has 2 atom stereocenters. The number of nitrogens with zero attached hydrogens (tertiary/aromatic N) is 1. The van der Waals surface area contributed by atoms with Crippen LogP contribution in [-0.4, -0.2) is 70.7 Å². The fourth-order valence-electron chi connectivity index (χ4n) is 6.56. The third kappa shape index (κ3) is 45.7. The van der Waals surface area contributed by atoms with Crippen LogP contribution in [0, 0.1) is 0 Å². The highest BCUT2D eigenvalue weighted by atomic mass is 31.2. The maximum atomic E-state index is 12.7. The maximum Gasteiger partial charge on any atom is 0.306 e. The van der Waals surface area contributed by atoms with Gasteiger partial charge in [0.1, 0.15) is 19.3 Å². The quantitative estimate of drug-likeness (QED) is 0.0198. The summed E-state index contributed by atoms with van der Waals surface area (Å²) in [5.74, 6) is -0.339. The molecule has 0 fully saturated rings. The first-order valence-corrected chi connectivity index (χ1v) is 25.2. The highest BCUT2D eigenvalue weighted by molar-refractivity contribution is 7.45. The van der Waals surface area contributed by atoms with E-state index in [0.29, 0.717) is 24.1 Å². The Kier molecular flexibility index (Phi) is 40.5. The summed E-state index contributed by atoms with van der Waals surface area (Å²) in [7, 11) is 1.34. The largest absolute Gasteiger partial charge is 0.756 e. The predicted octanol–water partition coefficient (Wildman–Crippen LogP) is 13.5. The number of hydrogen-bond acceptors (Lipinski definition) is 7. The molecule has 0 rings (SSSR count). The zero-order valence-electron chi connectivity index (χ0n) is 38.0. The smallest absolute Gasteiger partial charge is 0.306 e. The second-order valence-electron chi connectivity index (χ2n) is 17.1. The third-order valence-electron chi connectivity index (χ3n) is 10.2. The van der Waals surface area contributed by atoms with Crippen molar-refractivity contribution >= 4 is 13.8 Å². The van der Waals surface area contributed by atoms with Crippen molar-refractivity contribution in [3.8, 4) is 0 Å². The number of carbonyl (C=O) groups is 1. The lowest BCUT2D eigenvalue weighted by atomic mass is 10.0. The number of phosphoric ester groups is 1. The molecule has 8 nitrogen and oxygen atoms in total. The third-order valence-corrected chi connectivity index (χ3v) is 11.2. The van der Waals surface area contributed by atoms with Gasteiger partial charge in [0.25, 0.3) is 7.82 Å². The number of esters is 1. The molecule has 0 spiro atoms. The standard InChI is InChI=1S/C48H92NO7P/c1-6-8-10-12-14-16-18-20-22-23-24-25-26-27-28-29-31-33-35-37-39-41-48(50)56-47(46-55-57(51,52)54-44-42-49(3,4)5)45-53-43-40-38-36-34-32-30-21-19-17-15-13-11-9-7-2/h9,11,15,17,21,30,47H,6-8,10,12-14,16,18-20,22-29,31-46H2,1-5H3/b11-9-,17-15-,30-21-. The number of rotatable bonds is 44. The summed E-state index contributed by atoms with van der Waals surface area (Å²) in [5.41, 5.74) is 0. The van der Waals surface area contributed by atoms with E-state index in [9.17, 15) is 14.3 Å². The maximum absolute atomic E-state index is 12.7. The number of carbonyl (C=O) groups excluding carboxylic acids is 1. The van der Waals surface area contributed by atoms with Gasteiger partial charge in [-0.3, -0.25) is 9.36 Å². The van der Waals surface area contributed by atoms with Gasteiger partial charge < -0.3 is 27.9 Å². The molecule has 0 amide bonds. The van der Waals surface area contributed by atoms with Crippen molar-refractivity contribution in [2.24, 2.45) is 0 Å². The molecule has 0 aliphatic rings. The van der Waals surface area contributed by atoms with Crippen LogP contribution < -0.4 is 4.89 Å². The van der Waals surface area contributed by atoms with Gasteiger partial charge in [0.15, 0.2) is 0 Å². The molecule has 0 bridgehead atoms. The first-order chi connectivity index (χ1) is 27.6. The summed E-state index contributed by atoms with van der Waals surface area (Å²) < 4.78 is 34.6. The number of phosphoric acid groups is 1. The van der Waals surface area contributed by atoms with Crippen LogP contribution >= 0.6 is 7.82 Å². The summed E-state index contributed by atoms with van der Waals surface area (Å²) in [5, 5.41) is 0. The predicted molar refractivity (Wildman–Crippen MR) is 240 cm³/mol. The lowest BCUT2D eigenvalue weighted by molar-refractivity contribution is -0.870. The van der Waals surface area contributed by atoms with E-state index in [1.807, 2.05) is 21.1 Å². The first kappa shape index (κ1) is 55.7. The average Bonchev–Trinajstić information content (AvgIpc) is 3.16. The van der Waals surface area contributed by atoms with E-state index in [1.54, 1.807) is 0 Å². The number of likely N-dealkylation sites (N-methyl/N-ethyl adjacent to an activating group) is 1. The molecule has 2 unspecified atom stereocenters. The van der Waals surface area contributed by atoms with Gasteiger partial charge in [0.2, 0.25) is 0 Å². The van der Waals surface area contributed by atoms with Crippen molar-refractivity contribution in [1.82, 2.24) is 0 Å². The molecular weight excluding hydrogens is 734 g/mol. The van der Waals surface area contributed by atoms with Crippen LogP contribution in [0.5, 0.6) is 0 Å². The number of unbranched alkanes of at least 4 members (excludes halogenated alkanes) is 24. The van der Waals surface area contributed by atoms with Crippen LogP contribution in [-0.2, 0) is 27.9 Å². The molecule has 9 heteroatoms. The zero-order valence-corrected chi connectivity index (χ0v) is 38.9. The fourth-order valence-corrected chi connectivity index (χ4v) is 7.29. The van der Waals surface area contributed by atoms with Gasteiger partial charge in [-0.25, -0.2) is 0 Å². The summed E-state index contributed by atoms with van der Waals surface area (Å²) in [6, 6.07) is 0. The Morgan fingerprint density at radius 2 is 1.02 bits per heavy atom. The number of ether oxygens (including phenoxy) is 2. The Balaban J connectivity index is 4.15. The molecule has 336 valence electrons. The first-order valence-electron chi connectivity index (χ1n) is 23.7. The van der Waals surface area contributed by atoms with Crippen LogP contribution in [0.4, 0.5) is 0 Å². The monoisotopic (exact) mass is 826 g/mol. The van der Waals surface area contributed by atoms with E-state index in [-0.39, 0.29) is 25.8 Å². The van der Waals surface area contributed by atoms with Crippen molar-refractivity contribution in [3.05, 3.63) is 36.5 Å². The van der Waals surface area contributed by atoms with Crippen molar-refractivity contribution in [1.29, 1.82) is 0 Å². The molecule has 0 saturated heterocycles. The van der Waals surface area contributed by atoms with Crippen molar-refractivity contribution < 1.29 is 37.3 Å². The van der Waals surface area contributed by atoms with Gasteiger partial charge in [-0.1, -0.05) is 192 Å². The van der Waals surface area contributed by atoms with E-state index in [4.69, 9.17) is 18.5 Å². The summed E-state index contributed by atoms with van der Waals surface area (Å²) in [6.07, 6.45) is 48.8. The second-order valence-corrected chi connectivity index (χ2v) is 18.5. The molecule has 0 aromatic rings. The van der Waals surface area contributed by atoms with Crippen LogP contribution in [0.25, 0.3) is 0 Å². The van der Waals surface area contributed by atoms with Gasteiger partial charge in [-0.05, 0) is 44.9 Å².